The topological polar surface area (TPSA) is 95.5 Å². The molecule has 0 radical (unpaired) electrons. The van der Waals surface area contributed by atoms with Crippen molar-refractivity contribution >= 4 is 29.0 Å². The highest BCUT2D eigenvalue weighted by molar-refractivity contribution is 5.97. The van der Waals surface area contributed by atoms with Crippen LogP contribution < -0.4 is 10.6 Å². The van der Waals surface area contributed by atoms with E-state index >= 15 is 0 Å². The zero-order valence-electron chi connectivity index (χ0n) is 25.6. The lowest BCUT2D eigenvalue weighted by molar-refractivity contribution is -0.138. The van der Waals surface area contributed by atoms with Gasteiger partial charge in [-0.3, -0.25) is 14.4 Å². The molecule has 0 spiro atoms. The molecule has 3 N–H and O–H groups in total. The molecule has 4 aromatic rings. The summed E-state index contributed by atoms with van der Waals surface area (Å²) in [7, 11) is 0. The summed E-state index contributed by atoms with van der Waals surface area (Å²) in [6, 6.07) is 26.6. The zero-order valence-corrected chi connectivity index (χ0v) is 25.6. The van der Waals surface area contributed by atoms with Crippen molar-refractivity contribution in [1.82, 2.24) is 5.32 Å². The van der Waals surface area contributed by atoms with Crippen molar-refractivity contribution < 1.29 is 32.7 Å². The first-order valence-electron chi connectivity index (χ1n) is 15.5. The lowest BCUT2D eigenvalue weighted by Gasteiger charge is -2.20. The van der Waals surface area contributed by atoms with Crippen LogP contribution in [0, 0.1) is 0 Å². The first-order chi connectivity index (χ1) is 22.6. The maximum atomic E-state index is 13.9. The molecule has 4 aromatic carbocycles. The number of carbonyl (C=O) groups excluding carboxylic acids is 2. The van der Waals surface area contributed by atoms with Crippen molar-refractivity contribution in [2.24, 2.45) is 0 Å². The standard InChI is InChI=1S/C38H35F3N2O4/c39-38(40,41)32-22-31(27-9-5-2-6-10-27)23-33(24-32)43-37(47)34(29-17-15-28(16-18-29)26-7-3-1-4-8-26)21-25-11-13-30(14-12-25)36(46)42-20-19-35(44)45/h2,5-7,9-18,22-24,34H,1,3-4,8,19-21H2,(H,42,46)(H,43,47)(H,44,45). The highest BCUT2D eigenvalue weighted by atomic mass is 19.4. The number of nitrogens with one attached hydrogen (secondary N) is 2. The molecule has 0 fully saturated rings. The average Bonchev–Trinajstić information content (AvgIpc) is 3.07. The molecule has 1 unspecified atom stereocenters. The minimum Gasteiger partial charge on any atom is -0.481 e. The largest absolute Gasteiger partial charge is 0.481 e. The lowest BCUT2D eigenvalue weighted by atomic mass is 9.88. The number of carboxylic acid groups (broad SMARTS) is 1. The van der Waals surface area contributed by atoms with Gasteiger partial charge in [-0.2, -0.15) is 13.2 Å². The molecule has 0 saturated carbocycles. The summed E-state index contributed by atoms with van der Waals surface area (Å²) in [5, 5.41) is 14.1. The first kappa shape index (κ1) is 33.2. The predicted octanol–water partition coefficient (Wildman–Crippen LogP) is 8.50. The number of amides is 2. The molecule has 1 atom stereocenters. The Labute approximate surface area is 271 Å². The monoisotopic (exact) mass is 640 g/mol. The third-order valence-electron chi connectivity index (χ3n) is 8.21. The quantitative estimate of drug-likeness (QED) is 0.153. The number of rotatable bonds is 11. The molecule has 1 aliphatic carbocycles. The normalized spacial score (nSPS) is 13.7. The van der Waals surface area contributed by atoms with E-state index < -0.39 is 35.4 Å². The van der Waals surface area contributed by atoms with Crippen molar-refractivity contribution in [3.05, 3.63) is 131 Å². The molecule has 242 valence electrons. The number of hydrogen-bond donors (Lipinski definition) is 3. The number of anilines is 1. The number of carbonyl (C=O) groups is 3. The summed E-state index contributed by atoms with van der Waals surface area (Å²) in [6.07, 6.45) is 1.93. The van der Waals surface area contributed by atoms with E-state index in [0.29, 0.717) is 22.3 Å². The summed E-state index contributed by atoms with van der Waals surface area (Å²) >= 11 is 0. The molecule has 9 heteroatoms. The molecule has 0 aliphatic heterocycles. The van der Waals surface area contributed by atoms with Gasteiger partial charge in [-0.15, -0.1) is 0 Å². The third-order valence-corrected chi connectivity index (χ3v) is 8.21. The SMILES string of the molecule is O=C(O)CCNC(=O)c1ccc(CC(C(=O)Nc2cc(-c3ccccc3)cc(C(F)(F)F)c2)c2ccc(C3=CCCCC3)cc2)cc1. The Bertz CT molecular complexity index is 1750. The van der Waals surface area contributed by atoms with E-state index in [2.05, 4.69) is 16.7 Å². The summed E-state index contributed by atoms with van der Waals surface area (Å²) < 4.78 is 41.8. The fraction of sp³-hybridized carbons (Fsp3) is 0.237. The summed E-state index contributed by atoms with van der Waals surface area (Å²) in [5.41, 5.74) is 4.20. The van der Waals surface area contributed by atoms with Crippen LogP contribution in [0.3, 0.4) is 0 Å². The van der Waals surface area contributed by atoms with Crippen LogP contribution in [0.4, 0.5) is 18.9 Å². The number of carboxylic acids is 1. The van der Waals surface area contributed by atoms with Crippen molar-refractivity contribution in [1.29, 1.82) is 0 Å². The molecule has 5 rings (SSSR count). The van der Waals surface area contributed by atoms with Gasteiger partial charge < -0.3 is 15.7 Å². The highest BCUT2D eigenvalue weighted by Gasteiger charge is 2.32. The maximum Gasteiger partial charge on any atom is 0.416 e. The Morgan fingerprint density at radius 3 is 2.17 bits per heavy atom. The fourth-order valence-electron chi connectivity index (χ4n) is 5.69. The Morgan fingerprint density at radius 2 is 1.53 bits per heavy atom. The number of halogens is 3. The lowest BCUT2D eigenvalue weighted by Crippen LogP contribution is -2.26. The molecule has 1 aliphatic rings. The highest BCUT2D eigenvalue weighted by Crippen LogP contribution is 2.36. The third kappa shape index (κ3) is 8.97. The van der Waals surface area contributed by atoms with E-state index in [-0.39, 0.29) is 25.1 Å². The van der Waals surface area contributed by atoms with Crippen LogP contribution in [0.5, 0.6) is 0 Å². The molecule has 2 amide bonds. The van der Waals surface area contributed by atoms with Crippen LogP contribution >= 0.6 is 0 Å². The van der Waals surface area contributed by atoms with Crippen LogP contribution in [-0.4, -0.2) is 29.4 Å². The number of allylic oxidation sites excluding steroid dienone is 2. The average molecular weight is 641 g/mol. The van der Waals surface area contributed by atoms with E-state index in [1.807, 2.05) is 24.3 Å². The molecular weight excluding hydrogens is 605 g/mol. The minimum absolute atomic E-state index is 0.00735. The fourth-order valence-corrected chi connectivity index (χ4v) is 5.69. The van der Waals surface area contributed by atoms with Gasteiger partial charge in [0.05, 0.1) is 17.9 Å². The van der Waals surface area contributed by atoms with E-state index in [9.17, 15) is 27.6 Å². The van der Waals surface area contributed by atoms with Crippen LogP contribution in [-0.2, 0) is 22.2 Å². The van der Waals surface area contributed by atoms with E-state index in [1.165, 1.54) is 11.6 Å². The van der Waals surface area contributed by atoms with Crippen molar-refractivity contribution in [2.45, 2.75) is 50.6 Å². The summed E-state index contributed by atoms with van der Waals surface area (Å²) in [6.45, 7) is -0.00735. The molecule has 6 nitrogen and oxygen atoms in total. The van der Waals surface area contributed by atoms with Gasteiger partial charge in [0.25, 0.3) is 5.91 Å². The van der Waals surface area contributed by atoms with Gasteiger partial charge in [0, 0.05) is 17.8 Å². The van der Waals surface area contributed by atoms with Gasteiger partial charge in [-0.05, 0) is 95.8 Å². The van der Waals surface area contributed by atoms with Gasteiger partial charge in [0.2, 0.25) is 5.91 Å². The summed E-state index contributed by atoms with van der Waals surface area (Å²) in [5.74, 6) is -2.66. The van der Waals surface area contributed by atoms with E-state index in [4.69, 9.17) is 5.11 Å². The smallest absolute Gasteiger partial charge is 0.416 e. The van der Waals surface area contributed by atoms with Gasteiger partial charge >= 0.3 is 12.1 Å². The maximum absolute atomic E-state index is 13.9. The van der Waals surface area contributed by atoms with E-state index in [1.54, 1.807) is 54.6 Å². The Morgan fingerprint density at radius 1 is 0.809 bits per heavy atom. The number of alkyl halides is 3. The molecule has 0 bridgehead atoms. The molecule has 0 aromatic heterocycles. The van der Waals surface area contributed by atoms with Crippen molar-refractivity contribution in [2.75, 3.05) is 11.9 Å². The van der Waals surface area contributed by atoms with Gasteiger partial charge in [-0.25, -0.2) is 0 Å². The molecule has 47 heavy (non-hydrogen) atoms. The van der Waals surface area contributed by atoms with Gasteiger partial charge in [0.15, 0.2) is 0 Å². The molecular formula is C38H35F3N2O4. The number of hydrogen-bond acceptors (Lipinski definition) is 3. The van der Waals surface area contributed by atoms with Gasteiger partial charge in [-0.1, -0.05) is 72.8 Å². The second kappa shape index (κ2) is 14.9. The Hall–Kier alpha value is -5.18. The van der Waals surface area contributed by atoms with Crippen molar-refractivity contribution in [3.8, 4) is 11.1 Å². The molecule has 0 saturated heterocycles. The number of benzene rings is 4. The Balaban J connectivity index is 1.43. The number of aliphatic carboxylic acids is 1. The predicted molar refractivity (Wildman–Crippen MR) is 176 cm³/mol. The minimum atomic E-state index is -4.62. The second-order valence-electron chi connectivity index (χ2n) is 11.6. The van der Waals surface area contributed by atoms with Crippen LogP contribution in [0.15, 0.2) is 103 Å². The summed E-state index contributed by atoms with van der Waals surface area (Å²) in [4.78, 5) is 37.1. The van der Waals surface area contributed by atoms with Crippen LogP contribution in [0.1, 0.15) is 70.6 Å². The van der Waals surface area contributed by atoms with Crippen LogP contribution in [0.2, 0.25) is 0 Å². The van der Waals surface area contributed by atoms with E-state index in [0.717, 1.165) is 48.9 Å². The second-order valence-corrected chi connectivity index (χ2v) is 11.6. The van der Waals surface area contributed by atoms with Crippen molar-refractivity contribution in [3.63, 3.8) is 0 Å². The van der Waals surface area contributed by atoms with Crippen LogP contribution in [0.25, 0.3) is 16.7 Å². The molecule has 0 heterocycles. The Kier molecular flexibility index (Phi) is 10.6. The zero-order chi connectivity index (χ0) is 33.4. The van der Waals surface area contributed by atoms with Gasteiger partial charge in [0.1, 0.15) is 0 Å². The first-order valence-corrected chi connectivity index (χ1v) is 15.5.